The molecule has 2 aliphatic rings. The van der Waals surface area contributed by atoms with Gasteiger partial charge in [-0.3, -0.25) is 4.79 Å². The lowest BCUT2D eigenvalue weighted by atomic mass is 9.96. The molecule has 3 rings (SSSR count). The van der Waals surface area contributed by atoms with E-state index in [9.17, 15) is 9.59 Å². The first-order valence-corrected chi connectivity index (χ1v) is 7.02. The third-order valence-corrected chi connectivity index (χ3v) is 4.59. The van der Waals surface area contributed by atoms with Crippen molar-refractivity contribution >= 4 is 11.9 Å². The Balaban J connectivity index is 1.79. The second-order valence-corrected chi connectivity index (χ2v) is 6.54. The highest BCUT2D eigenvalue weighted by Gasteiger charge is 2.52. The number of amides is 1. The summed E-state index contributed by atoms with van der Waals surface area (Å²) in [5, 5.41) is 9.05. The van der Waals surface area contributed by atoms with Gasteiger partial charge in [-0.15, -0.1) is 0 Å². The number of hydrogen-bond acceptors (Lipinski definition) is 2. The summed E-state index contributed by atoms with van der Waals surface area (Å²) in [5.41, 5.74) is 2.57. The largest absolute Gasteiger partial charge is 0.478 e. The van der Waals surface area contributed by atoms with Crippen molar-refractivity contribution in [2.75, 3.05) is 6.54 Å². The molecule has 4 heteroatoms. The van der Waals surface area contributed by atoms with Crippen molar-refractivity contribution < 1.29 is 14.7 Å². The molecular formula is C16H19NO3. The van der Waals surface area contributed by atoms with Crippen LogP contribution >= 0.6 is 0 Å². The molecule has 1 aromatic carbocycles. The number of aromatic carboxylic acids is 1. The summed E-state index contributed by atoms with van der Waals surface area (Å²) in [6.07, 6.45) is 1.78. The molecule has 1 atom stereocenters. The normalized spacial score (nSPS) is 23.1. The smallest absolute Gasteiger partial charge is 0.335 e. The molecule has 0 unspecified atom stereocenters. The van der Waals surface area contributed by atoms with Crippen LogP contribution in [0.1, 0.15) is 41.8 Å². The number of carboxylic acid groups (broad SMARTS) is 1. The fourth-order valence-electron chi connectivity index (χ4n) is 2.99. The fraction of sp³-hybridized carbons (Fsp3) is 0.500. The van der Waals surface area contributed by atoms with Crippen LogP contribution in [0.2, 0.25) is 0 Å². The highest BCUT2D eigenvalue weighted by Crippen LogP contribution is 2.52. The zero-order valence-electron chi connectivity index (χ0n) is 11.8. The molecule has 4 nitrogen and oxygen atoms in total. The molecule has 1 amide bonds. The van der Waals surface area contributed by atoms with Gasteiger partial charge in [-0.25, -0.2) is 4.79 Å². The highest BCUT2D eigenvalue weighted by molar-refractivity contribution is 5.88. The number of fused-ring (bicyclic) bond motifs is 1. The minimum atomic E-state index is -0.917. The summed E-state index contributed by atoms with van der Waals surface area (Å²) in [5.74, 6) is -0.548. The Morgan fingerprint density at radius 3 is 2.60 bits per heavy atom. The van der Waals surface area contributed by atoms with Crippen molar-refractivity contribution in [3.05, 3.63) is 34.9 Å². The van der Waals surface area contributed by atoms with Crippen molar-refractivity contribution in [2.45, 2.75) is 33.2 Å². The Labute approximate surface area is 118 Å². The Hall–Kier alpha value is -1.84. The summed E-state index contributed by atoms with van der Waals surface area (Å²) < 4.78 is 0. The van der Waals surface area contributed by atoms with Crippen LogP contribution in [-0.4, -0.2) is 28.4 Å². The number of hydrogen-bond donors (Lipinski definition) is 1. The molecule has 1 saturated carbocycles. The Bertz CT molecular complexity index is 591. The number of benzene rings is 1. The van der Waals surface area contributed by atoms with Crippen LogP contribution in [0.15, 0.2) is 18.2 Å². The molecule has 0 bridgehead atoms. The molecule has 0 spiro atoms. The van der Waals surface area contributed by atoms with Gasteiger partial charge in [0.05, 0.1) is 5.56 Å². The van der Waals surface area contributed by atoms with Gasteiger partial charge in [0.25, 0.3) is 0 Å². The van der Waals surface area contributed by atoms with Crippen molar-refractivity contribution in [3.8, 4) is 0 Å². The van der Waals surface area contributed by atoms with Gasteiger partial charge in [0.15, 0.2) is 0 Å². The number of carbonyl (C=O) groups excluding carboxylic acids is 1. The second kappa shape index (κ2) is 4.33. The van der Waals surface area contributed by atoms with Crippen molar-refractivity contribution in [1.29, 1.82) is 0 Å². The summed E-state index contributed by atoms with van der Waals surface area (Å²) in [6.45, 7) is 5.53. The SMILES string of the molecule is CC1(C)C[C@@H]1C(=O)N1CCc2ccc(C(=O)O)cc2C1. The van der Waals surface area contributed by atoms with E-state index in [1.807, 2.05) is 11.0 Å². The van der Waals surface area contributed by atoms with Crippen LogP contribution in [0.5, 0.6) is 0 Å². The lowest BCUT2D eigenvalue weighted by Gasteiger charge is -2.29. The summed E-state index contributed by atoms with van der Waals surface area (Å²) in [4.78, 5) is 25.3. The monoisotopic (exact) mass is 273 g/mol. The first kappa shape index (κ1) is 13.2. The Morgan fingerprint density at radius 2 is 2.00 bits per heavy atom. The fourth-order valence-corrected chi connectivity index (χ4v) is 2.99. The minimum absolute atomic E-state index is 0.139. The van der Waals surface area contributed by atoms with E-state index in [1.165, 1.54) is 0 Å². The molecule has 1 fully saturated rings. The molecule has 0 saturated heterocycles. The molecule has 20 heavy (non-hydrogen) atoms. The van der Waals surface area contributed by atoms with E-state index in [2.05, 4.69) is 13.8 Å². The maximum absolute atomic E-state index is 12.4. The number of nitrogens with zero attached hydrogens (tertiary/aromatic N) is 1. The number of carbonyl (C=O) groups is 2. The molecule has 106 valence electrons. The molecule has 1 N–H and O–H groups in total. The Morgan fingerprint density at radius 1 is 1.30 bits per heavy atom. The third kappa shape index (κ3) is 2.19. The van der Waals surface area contributed by atoms with E-state index in [1.54, 1.807) is 12.1 Å². The maximum Gasteiger partial charge on any atom is 0.335 e. The van der Waals surface area contributed by atoms with Crippen molar-refractivity contribution in [2.24, 2.45) is 11.3 Å². The van der Waals surface area contributed by atoms with Crippen LogP contribution in [0.4, 0.5) is 0 Å². The summed E-state index contributed by atoms with van der Waals surface area (Å²) in [6, 6.07) is 5.22. The summed E-state index contributed by atoms with van der Waals surface area (Å²) >= 11 is 0. The number of rotatable bonds is 2. The van der Waals surface area contributed by atoms with Gasteiger partial charge in [-0.05, 0) is 41.5 Å². The zero-order chi connectivity index (χ0) is 14.5. The van der Waals surface area contributed by atoms with E-state index >= 15 is 0 Å². The molecule has 0 radical (unpaired) electrons. The van der Waals surface area contributed by atoms with Crippen LogP contribution in [0.3, 0.4) is 0 Å². The van der Waals surface area contributed by atoms with Crippen molar-refractivity contribution in [1.82, 2.24) is 4.90 Å². The average molecular weight is 273 g/mol. The lowest BCUT2D eigenvalue weighted by molar-refractivity contribution is -0.134. The van der Waals surface area contributed by atoms with Crippen LogP contribution < -0.4 is 0 Å². The van der Waals surface area contributed by atoms with E-state index in [-0.39, 0.29) is 17.2 Å². The molecule has 1 aliphatic carbocycles. The van der Waals surface area contributed by atoms with Crippen LogP contribution in [0.25, 0.3) is 0 Å². The molecular weight excluding hydrogens is 254 g/mol. The van der Waals surface area contributed by atoms with Gasteiger partial charge in [0, 0.05) is 19.0 Å². The predicted octanol–water partition coefficient (Wildman–Crippen LogP) is 2.32. The topological polar surface area (TPSA) is 57.6 Å². The first-order valence-electron chi connectivity index (χ1n) is 7.02. The highest BCUT2D eigenvalue weighted by atomic mass is 16.4. The van der Waals surface area contributed by atoms with E-state index in [0.717, 1.165) is 30.5 Å². The van der Waals surface area contributed by atoms with Gasteiger partial charge < -0.3 is 10.0 Å². The van der Waals surface area contributed by atoms with Gasteiger partial charge in [0.2, 0.25) is 5.91 Å². The maximum atomic E-state index is 12.4. The molecule has 1 aliphatic heterocycles. The molecule has 1 heterocycles. The predicted molar refractivity (Wildman–Crippen MR) is 74.4 cm³/mol. The summed E-state index contributed by atoms with van der Waals surface area (Å²) in [7, 11) is 0. The van der Waals surface area contributed by atoms with Gasteiger partial charge >= 0.3 is 5.97 Å². The van der Waals surface area contributed by atoms with Gasteiger partial charge in [0.1, 0.15) is 0 Å². The Kier molecular flexibility index (Phi) is 2.85. The van der Waals surface area contributed by atoms with E-state index < -0.39 is 5.97 Å². The minimum Gasteiger partial charge on any atom is -0.478 e. The standard InChI is InChI=1S/C16H19NO3/c1-16(2)8-13(16)14(18)17-6-5-10-3-4-11(15(19)20)7-12(10)9-17/h3-4,7,13H,5-6,8-9H2,1-2H3,(H,19,20)/t13-/m1/s1. The zero-order valence-corrected chi connectivity index (χ0v) is 11.8. The molecule has 0 aromatic heterocycles. The van der Waals surface area contributed by atoms with Crippen molar-refractivity contribution in [3.63, 3.8) is 0 Å². The van der Waals surface area contributed by atoms with Gasteiger partial charge in [-0.1, -0.05) is 19.9 Å². The first-order chi connectivity index (χ1) is 9.38. The lowest BCUT2D eigenvalue weighted by Crippen LogP contribution is -2.37. The van der Waals surface area contributed by atoms with Crippen LogP contribution in [0, 0.1) is 11.3 Å². The van der Waals surface area contributed by atoms with E-state index in [0.29, 0.717) is 12.1 Å². The van der Waals surface area contributed by atoms with Crippen LogP contribution in [-0.2, 0) is 17.8 Å². The number of carboxylic acids is 1. The molecule has 1 aromatic rings. The third-order valence-electron chi connectivity index (χ3n) is 4.59. The van der Waals surface area contributed by atoms with E-state index in [4.69, 9.17) is 5.11 Å². The average Bonchev–Trinajstić information content (AvgIpc) is 3.05. The van der Waals surface area contributed by atoms with Gasteiger partial charge in [-0.2, -0.15) is 0 Å². The second-order valence-electron chi connectivity index (χ2n) is 6.54. The quantitative estimate of drug-likeness (QED) is 0.899.